The third-order valence-corrected chi connectivity index (χ3v) is 7.67. The van der Waals surface area contributed by atoms with E-state index in [1.807, 2.05) is 20.8 Å². The van der Waals surface area contributed by atoms with Gasteiger partial charge in [-0.05, 0) is 85.0 Å². The van der Waals surface area contributed by atoms with Crippen LogP contribution >= 0.6 is 0 Å². The van der Waals surface area contributed by atoms with Crippen LogP contribution in [0.2, 0.25) is 0 Å². The molecule has 0 aliphatic carbocycles. The van der Waals surface area contributed by atoms with Crippen molar-refractivity contribution in [1.82, 2.24) is 31.1 Å². The summed E-state index contributed by atoms with van der Waals surface area (Å²) >= 11 is 0. The third-order valence-electron chi connectivity index (χ3n) is 7.67. The maximum atomic E-state index is 12.1. The zero-order valence-corrected chi connectivity index (χ0v) is 30.1. The van der Waals surface area contributed by atoms with Gasteiger partial charge < -0.3 is 20.7 Å². The number of unbranched alkanes of at least 4 members (excludes halogenated alkanes) is 6. The second-order valence-electron chi connectivity index (χ2n) is 12.6. The molecule has 0 spiro atoms. The fourth-order valence-electron chi connectivity index (χ4n) is 4.62. The van der Waals surface area contributed by atoms with Crippen molar-refractivity contribution in [3.8, 4) is 0 Å². The summed E-state index contributed by atoms with van der Waals surface area (Å²) in [6, 6.07) is 0. The van der Waals surface area contributed by atoms with Gasteiger partial charge in [0.25, 0.3) is 0 Å². The van der Waals surface area contributed by atoms with Gasteiger partial charge in [0.05, 0.1) is 5.60 Å². The van der Waals surface area contributed by atoms with Gasteiger partial charge in [0.15, 0.2) is 0 Å². The van der Waals surface area contributed by atoms with E-state index in [2.05, 4.69) is 16.0 Å². The van der Waals surface area contributed by atoms with Crippen molar-refractivity contribution in [3.05, 3.63) is 0 Å². The zero-order chi connectivity index (χ0) is 37.1. The Morgan fingerprint density at radius 2 is 0.918 bits per heavy atom. The Balaban J connectivity index is 3.80. The smallest absolute Gasteiger partial charge is 0.246 e. The Kier molecular flexibility index (Phi) is 25.6. The summed E-state index contributed by atoms with van der Waals surface area (Å²) in [5, 5.41) is 39.3. The minimum Gasteiger partial charge on any atom is -0.376 e. The van der Waals surface area contributed by atoms with Crippen LogP contribution in [0.1, 0.15) is 124 Å². The van der Waals surface area contributed by atoms with E-state index in [9.17, 15) is 44.4 Å². The summed E-state index contributed by atoms with van der Waals surface area (Å²) in [6.45, 7) is 9.47. The number of nitrogens with one attached hydrogen (secondary N) is 3. The first-order valence-corrected chi connectivity index (χ1v) is 17.6. The van der Waals surface area contributed by atoms with Crippen molar-refractivity contribution in [2.75, 3.05) is 45.9 Å². The summed E-state index contributed by atoms with van der Waals surface area (Å²) < 4.78 is 5.59. The maximum absolute atomic E-state index is 12.1. The number of amides is 6. The average molecular weight is 703 g/mol. The fourth-order valence-corrected chi connectivity index (χ4v) is 4.62. The summed E-state index contributed by atoms with van der Waals surface area (Å²) in [5.41, 5.74) is -0.336. The molecular formula is C33H62N6O10. The Morgan fingerprint density at radius 3 is 1.29 bits per heavy atom. The lowest BCUT2D eigenvalue weighted by Gasteiger charge is -2.24. The van der Waals surface area contributed by atoms with Crippen molar-refractivity contribution >= 4 is 35.4 Å². The molecule has 0 aliphatic heterocycles. The van der Waals surface area contributed by atoms with E-state index < -0.39 is 17.7 Å². The van der Waals surface area contributed by atoms with E-state index in [1.165, 1.54) is 6.92 Å². The van der Waals surface area contributed by atoms with Crippen LogP contribution in [0.3, 0.4) is 0 Å². The van der Waals surface area contributed by atoms with Crippen LogP contribution in [0.5, 0.6) is 0 Å². The summed E-state index contributed by atoms with van der Waals surface area (Å²) in [7, 11) is 0. The van der Waals surface area contributed by atoms with Crippen LogP contribution in [0.25, 0.3) is 0 Å². The molecule has 0 aromatic carbocycles. The molecule has 0 bridgehead atoms. The van der Waals surface area contributed by atoms with Crippen molar-refractivity contribution in [1.29, 1.82) is 0 Å². The highest BCUT2D eigenvalue weighted by Crippen LogP contribution is 2.16. The molecule has 0 saturated carbocycles. The quantitative estimate of drug-likeness (QED) is 0.0380. The van der Waals surface area contributed by atoms with Gasteiger partial charge in [-0.3, -0.25) is 44.4 Å². The molecule has 0 atom stereocenters. The molecule has 6 N–H and O–H groups in total. The van der Waals surface area contributed by atoms with Gasteiger partial charge in [-0.15, -0.1) is 0 Å². The normalized spacial score (nSPS) is 11.1. The highest BCUT2D eigenvalue weighted by atomic mass is 16.5. The molecule has 0 saturated heterocycles. The number of hydrogen-bond acceptors (Lipinski definition) is 10. The van der Waals surface area contributed by atoms with E-state index in [-0.39, 0.29) is 68.6 Å². The number of carbonyl (C=O) groups excluding carboxylic acids is 6. The van der Waals surface area contributed by atoms with Gasteiger partial charge in [0, 0.05) is 84.9 Å². The zero-order valence-electron chi connectivity index (χ0n) is 30.1. The first-order chi connectivity index (χ1) is 23.2. The monoisotopic (exact) mass is 702 g/mol. The number of carbonyl (C=O) groups is 6. The minimum atomic E-state index is -0.559. The van der Waals surface area contributed by atoms with Crippen molar-refractivity contribution < 1.29 is 49.1 Å². The predicted octanol–water partition coefficient (Wildman–Crippen LogP) is 2.67. The molecule has 6 amide bonds. The number of hydroxylamine groups is 6. The van der Waals surface area contributed by atoms with Gasteiger partial charge in [0.2, 0.25) is 35.4 Å². The molecule has 284 valence electrons. The summed E-state index contributed by atoms with van der Waals surface area (Å²) in [4.78, 5) is 71.0. The van der Waals surface area contributed by atoms with Crippen LogP contribution in [0, 0.1) is 0 Å². The maximum Gasteiger partial charge on any atom is 0.246 e. The highest BCUT2D eigenvalue weighted by molar-refractivity contribution is 5.83. The van der Waals surface area contributed by atoms with E-state index in [4.69, 9.17) is 4.74 Å². The van der Waals surface area contributed by atoms with Gasteiger partial charge in [-0.1, -0.05) is 0 Å². The van der Waals surface area contributed by atoms with Crippen molar-refractivity contribution in [2.24, 2.45) is 0 Å². The molecule has 0 heterocycles. The number of rotatable bonds is 29. The summed E-state index contributed by atoms with van der Waals surface area (Å²) in [6.07, 6.45) is 6.36. The molecule has 0 aliphatic rings. The predicted molar refractivity (Wildman–Crippen MR) is 180 cm³/mol. The van der Waals surface area contributed by atoms with Crippen LogP contribution in [0.15, 0.2) is 0 Å². The Labute approximate surface area is 291 Å². The standard InChI is InChI=1S/C33H62N6O10/c1-5-49-33(3,4)20-19-30(43)36-23-11-8-14-26-39(48)32(45)18-16-29(42)35-22-10-7-13-25-38(47)31(44)17-15-28(41)34-21-9-6-12-24-37(46)27(2)40/h46-48H,5-26H2,1-4H3,(H,34,41)(H,35,42)(H,36,43). The molecule has 0 aromatic rings. The Morgan fingerprint density at radius 1 is 0.551 bits per heavy atom. The van der Waals surface area contributed by atoms with Gasteiger partial charge in [0.1, 0.15) is 0 Å². The van der Waals surface area contributed by atoms with Gasteiger partial charge in [-0.2, -0.15) is 0 Å². The molecule has 0 aromatic heterocycles. The topological polar surface area (TPSA) is 218 Å². The molecule has 0 radical (unpaired) electrons. The molecule has 16 nitrogen and oxygen atoms in total. The van der Waals surface area contributed by atoms with Gasteiger partial charge in [-0.25, -0.2) is 15.2 Å². The van der Waals surface area contributed by atoms with E-state index >= 15 is 0 Å². The minimum absolute atomic E-state index is 0.0326. The lowest BCUT2D eigenvalue weighted by molar-refractivity contribution is -0.166. The molecule has 0 fully saturated rings. The lowest BCUT2D eigenvalue weighted by atomic mass is 10.0. The molecule has 16 heteroatoms. The van der Waals surface area contributed by atoms with E-state index in [0.717, 1.165) is 6.42 Å². The van der Waals surface area contributed by atoms with E-state index in [1.54, 1.807) is 0 Å². The van der Waals surface area contributed by atoms with Gasteiger partial charge >= 0.3 is 0 Å². The summed E-state index contributed by atoms with van der Waals surface area (Å²) in [5.74, 6) is -2.17. The highest BCUT2D eigenvalue weighted by Gasteiger charge is 2.19. The number of hydrogen-bond donors (Lipinski definition) is 6. The molecular weight excluding hydrogens is 640 g/mol. The largest absolute Gasteiger partial charge is 0.376 e. The second-order valence-corrected chi connectivity index (χ2v) is 12.6. The SMILES string of the molecule is CCOC(C)(C)CCC(=O)NCCCCCN(O)C(=O)CCC(=O)NCCCCCN(O)C(=O)CCC(=O)NCCCCCN(O)C(C)=O. The third kappa shape index (κ3) is 26.2. The Hall–Kier alpha value is -3.34. The molecule has 49 heavy (non-hydrogen) atoms. The van der Waals surface area contributed by atoms with E-state index in [0.29, 0.717) is 106 Å². The van der Waals surface area contributed by atoms with Crippen LogP contribution < -0.4 is 16.0 Å². The van der Waals surface area contributed by atoms with Crippen LogP contribution in [0.4, 0.5) is 0 Å². The lowest BCUT2D eigenvalue weighted by Crippen LogP contribution is -2.31. The fraction of sp³-hybridized carbons (Fsp3) is 0.818. The van der Waals surface area contributed by atoms with Crippen LogP contribution in [-0.2, 0) is 33.5 Å². The first-order valence-electron chi connectivity index (χ1n) is 17.6. The number of ether oxygens (including phenoxy) is 1. The van der Waals surface area contributed by atoms with Crippen molar-refractivity contribution in [2.45, 2.75) is 130 Å². The Bertz CT molecular complexity index is 997. The average Bonchev–Trinajstić information content (AvgIpc) is 3.05. The van der Waals surface area contributed by atoms with Crippen molar-refractivity contribution in [3.63, 3.8) is 0 Å². The number of nitrogens with zero attached hydrogens (tertiary/aromatic N) is 3. The molecule has 0 unspecified atom stereocenters. The molecule has 0 rings (SSSR count). The first kappa shape index (κ1) is 45.7. The second kappa shape index (κ2) is 27.5. The van der Waals surface area contributed by atoms with Crippen LogP contribution in [-0.4, -0.2) is 118 Å².